The van der Waals surface area contributed by atoms with Crippen molar-refractivity contribution >= 4 is 11.9 Å². The Morgan fingerprint density at radius 1 is 0.442 bits per heavy atom. The molecule has 0 bridgehead atoms. The maximum atomic E-state index is 12.7. The van der Waals surface area contributed by atoms with Crippen LogP contribution < -0.4 is 0 Å². The second-order valence-electron chi connectivity index (χ2n) is 14.6. The minimum absolute atomic E-state index is 0.0697. The van der Waals surface area contributed by atoms with Gasteiger partial charge in [-0.25, -0.2) is 0 Å². The fourth-order valence-corrected chi connectivity index (χ4v) is 6.03. The second-order valence-corrected chi connectivity index (χ2v) is 14.6. The van der Waals surface area contributed by atoms with Crippen LogP contribution in [0.25, 0.3) is 0 Å². The fraction of sp³-hybridized carbons (Fsp3) is 0.787. The molecular weight excluding hydrogens is 645 g/mol. The van der Waals surface area contributed by atoms with Crippen molar-refractivity contribution in [3.05, 3.63) is 48.6 Å². The SMILES string of the molecule is CC/C=C\C/C=C\C/C=C\CCCCCC(=O)OCC(COCCCCCCCC/C=C\CCCC)OC(=O)CCCCCCCCCCCCC. The highest BCUT2D eigenvalue weighted by Crippen LogP contribution is 2.14. The second kappa shape index (κ2) is 43.3. The van der Waals surface area contributed by atoms with Crippen molar-refractivity contribution in [2.24, 2.45) is 0 Å². The van der Waals surface area contributed by atoms with E-state index in [2.05, 4.69) is 69.4 Å². The first-order valence-electron chi connectivity index (χ1n) is 22.2. The lowest BCUT2D eigenvalue weighted by atomic mass is 10.1. The molecule has 0 radical (unpaired) electrons. The van der Waals surface area contributed by atoms with Gasteiger partial charge >= 0.3 is 11.9 Å². The van der Waals surface area contributed by atoms with Crippen LogP contribution in [0.5, 0.6) is 0 Å². The molecule has 1 atom stereocenters. The molecule has 0 aliphatic heterocycles. The van der Waals surface area contributed by atoms with Gasteiger partial charge in [-0.1, -0.05) is 179 Å². The number of hydrogen-bond acceptors (Lipinski definition) is 5. The highest BCUT2D eigenvalue weighted by Gasteiger charge is 2.17. The number of allylic oxidation sites excluding steroid dienone is 8. The Hall–Kier alpha value is -2.14. The van der Waals surface area contributed by atoms with Gasteiger partial charge in [-0.3, -0.25) is 9.59 Å². The Kier molecular flexibility index (Phi) is 41.5. The molecule has 0 aliphatic carbocycles. The largest absolute Gasteiger partial charge is 0.462 e. The number of rotatable bonds is 40. The predicted octanol–water partition coefficient (Wildman–Crippen LogP) is 14.4. The van der Waals surface area contributed by atoms with Gasteiger partial charge in [-0.2, -0.15) is 0 Å². The molecule has 0 N–H and O–H groups in total. The summed E-state index contributed by atoms with van der Waals surface area (Å²) in [6.07, 6.45) is 51.0. The third-order valence-electron chi connectivity index (χ3n) is 9.35. The van der Waals surface area contributed by atoms with Crippen LogP contribution in [0.15, 0.2) is 48.6 Å². The molecule has 0 aliphatic rings. The summed E-state index contributed by atoms with van der Waals surface area (Å²) in [5.41, 5.74) is 0. The summed E-state index contributed by atoms with van der Waals surface area (Å²) in [5, 5.41) is 0. The minimum atomic E-state index is -0.545. The Labute approximate surface area is 322 Å². The van der Waals surface area contributed by atoms with Crippen molar-refractivity contribution in [3.63, 3.8) is 0 Å². The Bertz CT molecular complexity index is 873. The van der Waals surface area contributed by atoms with E-state index < -0.39 is 6.10 Å². The minimum Gasteiger partial charge on any atom is -0.462 e. The third-order valence-corrected chi connectivity index (χ3v) is 9.35. The number of unbranched alkanes of at least 4 members (excludes halogenated alkanes) is 21. The van der Waals surface area contributed by atoms with E-state index in [1.807, 2.05) is 0 Å². The van der Waals surface area contributed by atoms with Crippen molar-refractivity contribution in [1.29, 1.82) is 0 Å². The van der Waals surface area contributed by atoms with Gasteiger partial charge < -0.3 is 14.2 Å². The summed E-state index contributed by atoms with van der Waals surface area (Å²) in [7, 11) is 0. The Balaban J connectivity index is 4.30. The van der Waals surface area contributed by atoms with Crippen LogP contribution in [0, 0.1) is 0 Å². The van der Waals surface area contributed by atoms with E-state index in [1.54, 1.807) is 0 Å². The first-order valence-corrected chi connectivity index (χ1v) is 22.2. The summed E-state index contributed by atoms with van der Waals surface area (Å²) in [4.78, 5) is 25.2. The number of hydrogen-bond donors (Lipinski definition) is 0. The number of ether oxygens (including phenoxy) is 3. The van der Waals surface area contributed by atoms with Gasteiger partial charge in [0.15, 0.2) is 6.10 Å². The van der Waals surface area contributed by atoms with E-state index >= 15 is 0 Å². The monoisotopic (exact) mass is 729 g/mol. The highest BCUT2D eigenvalue weighted by molar-refractivity contribution is 5.70. The summed E-state index contributed by atoms with van der Waals surface area (Å²) in [5.74, 6) is -0.432. The van der Waals surface area contributed by atoms with E-state index in [0.717, 1.165) is 70.6 Å². The molecule has 5 heteroatoms. The molecular formula is C47H84O5. The van der Waals surface area contributed by atoms with E-state index in [0.29, 0.717) is 19.4 Å². The fourth-order valence-electron chi connectivity index (χ4n) is 6.03. The smallest absolute Gasteiger partial charge is 0.306 e. The van der Waals surface area contributed by atoms with E-state index in [1.165, 1.54) is 109 Å². The van der Waals surface area contributed by atoms with Gasteiger partial charge in [0.05, 0.1) is 6.61 Å². The van der Waals surface area contributed by atoms with Crippen LogP contribution in [-0.4, -0.2) is 37.9 Å². The van der Waals surface area contributed by atoms with Gasteiger partial charge in [0.2, 0.25) is 0 Å². The molecule has 0 spiro atoms. The van der Waals surface area contributed by atoms with Crippen LogP contribution in [0.3, 0.4) is 0 Å². The van der Waals surface area contributed by atoms with E-state index in [4.69, 9.17) is 14.2 Å². The number of carbonyl (C=O) groups is 2. The van der Waals surface area contributed by atoms with Crippen molar-refractivity contribution in [1.82, 2.24) is 0 Å². The molecule has 0 fully saturated rings. The highest BCUT2D eigenvalue weighted by atomic mass is 16.6. The molecule has 5 nitrogen and oxygen atoms in total. The van der Waals surface area contributed by atoms with E-state index in [-0.39, 0.29) is 25.2 Å². The lowest BCUT2D eigenvalue weighted by molar-refractivity contribution is -0.163. The van der Waals surface area contributed by atoms with Crippen molar-refractivity contribution < 1.29 is 23.8 Å². The average Bonchev–Trinajstić information content (AvgIpc) is 3.14. The maximum absolute atomic E-state index is 12.7. The number of esters is 2. The lowest BCUT2D eigenvalue weighted by Crippen LogP contribution is -2.30. The molecule has 0 saturated heterocycles. The van der Waals surface area contributed by atoms with Gasteiger partial charge in [0.25, 0.3) is 0 Å². The average molecular weight is 729 g/mol. The zero-order valence-corrected chi connectivity index (χ0v) is 34.6. The van der Waals surface area contributed by atoms with Crippen LogP contribution >= 0.6 is 0 Å². The molecule has 0 amide bonds. The van der Waals surface area contributed by atoms with Crippen molar-refractivity contribution in [3.8, 4) is 0 Å². The summed E-state index contributed by atoms with van der Waals surface area (Å²) >= 11 is 0. The molecule has 52 heavy (non-hydrogen) atoms. The third kappa shape index (κ3) is 40.6. The standard InChI is InChI=1S/C47H84O5/c1-4-7-10-13-16-19-22-24-26-28-31-34-37-40-46(48)51-44-45(43-50-42-39-36-33-30-27-23-20-17-14-11-8-5-2)52-47(49)41-38-35-32-29-25-21-18-15-12-9-6-3/h7,10,14,16-17,19,24,26,45H,4-6,8-9,11-13,15,18,20-23,25,27-44H2,1-3H3/b10-7-,17-14-,19-16-,26-24-. The maximum Gasteiger partial charge on any atom is 0.306 e. The van der Waals surface area contributed by atoms with E-state index in [9.17, 15) is 9.59 Å². The molecule has 0 heterocycles. The molecule has 302 valence electrons. The topological polar surface area (TPSA) is 61.8 Å². The number of carbonyl (C=O) groups excluding carboxylic acids is 2. The van der Waals surface area contributed by atoms with Crippen molar-refractivity contribution in [2.75, 3.05) is 19.8 Å². The quantitative estimate of drug-likeness (QED) is 0.0357. The molecule has 0 rings (SSSR count). The molecule has 0 saturated carbocycles. The van der Waals surface area contributed by atoms with Crippen molar-refractivity contribution in [2.45, 2.75) is 219 Å². The first-order chi connectivity index (χ1) is 25.6. The zero-order valence-electron chi connectivity index (χ0n) is 34.6. The molecule has 0 aromatic heterocycles. The van der Waals surface area contributed by atoms with Crippen LogP contribution in [-0.2, 0) is 23.8 Å². The van der Waals surface area contributed by atoms with Crippen LogP contribution in [0.2, 0.25) is 0 Å². The summed E-state index contributed by atoms with van der Waals surface area (Å²) in [6.45, 7) is 7.64. The van der Waals surface area contributed by atoms with Gasteiger partial charge in [0, 0.05) is 19.4 Å². The molecule has 0 aromatic rings. The first kappa shape index (κ1) is 49.9. The van der Waals surface area contributed by atoms with Gasteiger partial charge in [-0.05, 0) is 70.6 Å². The van der Waals surface area contributed by atoms with Crippen LogP contribution in [0.1, 0.15) is 213 Å². The normalized spacial score (nSPS) is 12.6. The Morgan fingerprint density at radius 2 is 0.885 bits per heavy atom. The molecule has 1 unspecified atom stereocenters. The Morgan fingerprint density at radius 3 is 1.48 bits per heavy atom. The lowest BCUT2D eigenvalue weighted by Gasteiger charge is -2.18. The zero-order chi connectivity index (χ0) is 37.8. The van der Waals surface area contributed by atoms with Gasteiger partial charge in [0.1, 0.15) is 6.61 Å². The van der Waals surface area contributed by atoms with Gasteiger partial charge in [-0.15, -0.1) is 0 Å². The molecule has 0 aromatic carbocycles. The predicted molar refractivity (Wildman–Crippen MR) is 224 cm³/mol. The van der Waals surface area contributed by atoms with Crippen LogP contribution in [0.4, 0.5) is 0 Å². The summed E-state index contributed by atoms with van der Waals surface area (Å²) in [6, 6.07) is 0. The summed E-state index contributed by atoms with van der Waals surface area (Å²) < 4.78 is 17.3.